The van der Waals surface area contributed by atoms with E-state index >= 15 is 0 Å². The molecule has 0 heterocycles. The molecule has 0 amide bonds. The molecule has 3 heteroatoms. The molecular weight excluding hydrogens is 324 g/mol. The van der Waals surface area contributed by atoms with Crippen LogP contribution in [0.2, 0.25) is 0 Å². The average molecular weight is 359 g/mol. The first-order chi connectivity index (χ1) is 12.5. The summed E-state index contributed by atoms with van der Waals surface area (Å²) in [6, 6.07) is 6.31. The van der Waals surface area contributed by atoms with Crippen molar-refractivity contribution >= 4 is 0 Å². The molecule has 26 heavy (non-hydrogen) atoms. The van der Waals surface area contributed by atoms with Gasteiger partial charge in [0, 0.05) is 5.92 Å². The molecule has 3 rings (SSSR count). The van der Waals surface area contributed by atoms with E-state index in [0.717, 1.165) is 37.9 Å². The van der Waals surface area contributed by atoms with Crippen LogP contribution >= 0.6 is 0 Å². The lowest BCUT2D eigenvalue weighted by Gasteiger charge is -2.32. The van der Waals surface area contributed by atoms with Gasteiger partial charge in [-0.2, -0.15) is 0 Å². The highest BCUT2D eigenvalue weighted by molar-refractivity contribution is 5.43. The predicted octanol–water partition coefficient (Wildman–Crippen LogP) is 4.29. The summed E-state index contributed by atoms with van der Waals surface area (Å²) in [5, 5.41) is 21.1. The highest BCUT2D eigenvalue weighted by atomic mass is 16.5. The number of unbranched alkanes of at least 4 members (excludes halogenated alkanes) is 2. The smallest absolute Gasteiger partial charge is 0.122 e. The van der Waals surface area contributed by atoms with E-state index in [0.29, 0.717) is 11.8 Å². The molecule has 0 bridgehead atoms. The minimum Gasteiger partial charge on any atom is -0.496 e. The average Bonchev–Trinajstić information content (AvgIpc) is 2.94. The van der Waals surface area contributed by atoms with E-state index in [-0.39, 0.29) is 18.1 Å². The summed E-state index contributed by atoms with van der Waals surface area (Å²) in [6.45, 7) is 4.28. The molecule has 1 aromatic rings. The predicted molar refractivity (Wildman–Crippen MR) is 105 cm³/mol. The fraction of sp³-hybridized carbons (Fsp3) is 0.652. The maximum atomic E-state index is 10.8. The van der Waals surface area contributed by atoms with E-state index in [1.165, 1.54) is 29.5 Å². The van der Waals surface area contributed by atoms with Crippen LogP contribution < -0.4 is 4.74 Å². The lowest BCUT2D eigenvalue weighted by atomic mass is 9.73. The monoisotopic (exact) mass is 358 g/mol. The van der Waals surface area contributed by atoms with Gasteiger partial charge >= 0.3 is 0 Å². The van der Waals surface area contributed by atoms with Crippen LogP contribution in [0.3, 0.4) is 0 Å². The minimum absolute atomic E-state index is 0.167. The molecule has 1 aromatic carbocycles. The Kier molecular flexibility index (Phi) is 6.42. The summed E-state index contributed by atoms with van der Waals surface area (Å²) in [5.74, 6) is 2.11. The highest BCUT2D eigenvalue weighted by Gasteiger charge is 2.45. The van der Waals surface area contributed by atoms with Crippen molar-refractivity contribution in [3.05, 3.63) is 41.0 Å². The van der Waals surface area contributed by atoms with Gasteiger partial charge < -0.3 is 14.9 Å². The molecule has 0 aliphatic heterocycles. The van der Waals surface area contributed by atoms with Crippen molar-refractivity contribution in [2.75, 3.05) is 7.11 Å². The zero-order valence-electron chi connectivity index (χ0n) is 16.4. The Bertz CT molecular complexity index is 636. The number of ether oxygens (including phenoxy) is 1. The molecule has 3 nitrogen and oxygen atoms in total. The first-order valence-electron chi connectivity index (χ1n) is 10.2. The van der Waals surface area contributed by atoms with E-state index in [4.69, 9.17) is 4.74 Å². The number of benzene rings is 1. The number of methoxy groups -OCH3 is 1. The maximum absolute atomic E-state index is 10.8. The lowest BCUT2D eigenvalue weighted by Crippen LogP contribution is -2.28. The Morgan fingerprint density at radius 2 is 2.12 bits per heavy atom. The zero-order valence-corrected chi connectivity index (χ0v) is 16.4. The summed E-state index contributed by atoms with van der Waals surface area (Å²) in [4.78, 5) is 0. The van der Waals surface area contributed by atoms with Crippen molar-refractivity contribution in [2.24, 2.45) is 17.8 Å². The molecular formula is C23H34O3. The quantitative estimate of drug-likeness (QED) is 0.564. The van der Waals surface area contributed by atoms with Gasteiger partial charge in [0.25, 0.3) is 0 Å². The molecule has 1 saturated carbocycles. The third kappa shape index (κ3) is 3.99. The Balaban J connectivity index is 1.75. The minimum atomic E-state index is -0.385. The fourth-order valence-corrected chi connectivity index (χ4v) is 5.22. The van der Waals surface area contributed by atoms with Crippen LogP contribution in [0.5, 0.6) is 5.75 Å². The number of fused-ring (bicyclic) bond motifs is 2. The molecule has 0 unspecified atom stereocenters. The molecule has 144 valence electrons. The second-order valence-electron chi connectivity index (χ2n) is 8.23. The van der Waals surface area contributed by atoms with E-state index in [1.54, 1.807) is 7.11 Å². The van der Waals surface area contributed by atoms with Crippen LogP contribution in [0.1, 0.15) is 57.1 Å². The number of aliphatic hydroxyl groups is 2. The van der Waals surface area contributed by atoms with E-state index in [1.807, 2.05) is 12.1 Å². The Labute approximate surface area is 158 Å². The van der Waals surface area contributed by atoms with Crippen molar-refractivity contribution in [2.45, 2.75) is 71.0 Å². The second-order valence-corrected chi connectivity index (χ2v) is 8.23. The summed E-state index contributed by atoms with van der Waals surface area (Å²) in [6.07, 6.45) is 8.38. The largest absolute Gasteiger partial charge is 0.496 e. The maximum Gasteiger partial charge on any atom is 0.122 e. The van der Waals surface area contributed by atoms with Gasteiger partial charge in [-0.25, -0.2) is 0 Å². The van der Waals surface area contributed by atoms with Crippen LogP contribution in [-0.4, -0.2) is 29.5 Å². The third-order valence-electron chi connectivity index (χ3n) is 6.48. The molecule has 0 saturated heterocycles. The van der Waals surface area contributed by atoms with Crippen molar-refractivity contribution in [3.8, 4) is 5.75 Å². The van der Waals surface area contributed by atoms with Crippen molar-refractivity contribution in [1.29, 1.82) is 0 Å². The van der Waals surface area contributed by atoms with Gasteiger partial charge in [0.15, 0.2) is 0 Å². The van der Waals surface area contributed by atoms with Gasteiger partial charge in [-0.3, -0.25) is 0 Å². The molecule has 2 aliphatic carbocycles. The molecule has 2 N–H and O–H groups in total. The first-order valence-corrected chi connectivity index (χ1v) is 10.2. The molecule has 0 aromatic heterocycles. The normalized spacial score (nSPS) is 29.2. The van der Waals surface area contributed by atoms with Gasteiger partial charge in [-0.15, -0.1) is 0 Å². The van der Waals surface area contributed by atoms with Crippen LogP contribution in [0.4, 0.5) is 0 Å². The van der Waals surface area contributed by atoms with Crippen molar-refractivity contribution in [1.82, 2.24) is 0 Å². The van der Waals surface area contributed by atoms with Gasteiger partial charge in [0.1, 0.15) is 5.75 Å². The van der Waals surface area contributed by atoms with E-state index in [2.05, 4.69) is 26.0 Å². The Morgan fingerprint density at radius 3 is 2.85 bits per heavy atom. The SMILES string of the molecule is CCCCC[C@H](O)/C=C(\C)[C@@H]1[C@H]2Cc3cccc(OC)c3C[C@H]2C[C@H]1O. The lowest BCUT2D eigenvalue weighted by molar-refractivity contribution is 0.134. The van der Waals surface area contributed by atoms with E-state index < -0.39 is 0 Å². The van der Waals surface area contributed by atoms with Crippen molar-refractivity contribution in [3.63, 3.8) is 0 Å². The van der Waals surface area contributed by atoms with Crippen LogP contribution in [0.25, 0.3) is 0 Å². The summed E-state index contributed by atoms with van der Waals surface area (Å²) in [7, 11) is 1.74. The third-order valence-corrected chi connectivity index (χ3v) is 6.48. The molecule has 0 spiro atoms. The highest BCUT2D eigenvalue weighted by Crippen LogP contribution is 2.49. The van der Waals surface area contributed by atoms with Gasteiger partial charge in [0.05, 0.1) is 19.3 Å². The Hall–Kier alpha value is -1.32. The summed E-state index contributed by atoms with van der Waals surface area (Å²) < 4.78 is 5.55. The molecule has 5 atom stereocenters. The number of aliphatic hydroxyl groups excluding tert-OH is 2. The Morgan fingerprint density at radius 1 is 1.31 bits per heavy atom. The second kappa shape index (κ2) is 8.58. The number of rotatable bonds is 7. The fourth-order valence-electron chi connectivity index (χ4n) is 5.22. The number of hydrogen-bond acceptors (Lipinski definition) is 3. The first kappa shape index (κ1) is 19.4. The van der Waals surface area contributed by atoms with Crippen LogP contribution in [-0.2, 0) is 12.8 Å². The standard InChI is InChI=1S/C23H34O3/c1-4-5-6-9-18(24)11-15(2)23-20-12-16-8-7-10-22(26-3)19(16)13-17(20)14-21(23)25/h7-8,10-11,17-18,20-21,23-25H,4-6,9,12-14H2,1-3H3/b15-11+/t17-,18-,20-,21+,23+/m0/s1. The van der Waals surface area contributed by atoms with Crippen molar-refractivity contribution < 1.29 is 14.9 Å². The molecule has 0 radical (unpaired) electrons. The summed E-state index contributed by atoms with van der Waals surface area (Å²) in [5.41, 5.74) is 3.85. The van der Waals surface area contributed by atoms with Gasteiger partial charge in [0.2, 0.25) is 0 Å². The molecule has 2 aliphatic rings. The van der Waals surface area contributed by atoms with Crippen LogP contribution in [0.15, 0.2) is 29.8 Å². The number of hydrogen-bond donors (Lipinski definition) is 2. The van der Waals surface area contributed by atoms with Crippen LogP contribution in [0, 0.1) is 17.8 Å². The molecule has 1 fully saturated rings. The summed E-state index contributed by atoms with van der Waals surface area (Å²) >= 11 is 0. The van der Waals surface area contributed by atoms with Gasteiger partial charge in [-0.05, 0) is 61.6 Å². The zero-order chi connectivity index (χ0) is 18.7. The topological polar surface area (TPSA) is 49.7 Å². The van der Waals surface area contributed by atoms with E-state index in [9.17, 15) is 10.2 Å². The van der Waals surface area contributed by atoms with Gasteiger partial charge in [-0.1, -0.05) is 50.0 Å².